The average Bonchev–Trinajstić information content (AvgIpc) is 3.26. The lowest BCUT2D eigenvalue weighted by Gasteiger charge is -2.37. The highest BCUT2D eigenvalue weighted by Crippen LogP contribution is 2.49. The third-order valence-corrected chi connectivity index (χ3v) is 6.87. The molecule has 1 heterocycles. The van der Waals surface area contributed by atoms with E-state index in [0.29, 0.717) is 12.0 Å². The van der Waals surface area contributed by atoms with Crippen molar-refractivity contribution in [1.29, 1.82) is 0 Å². The number of halogens is 1. The molecule has 136 valence electrons. The van der Waals surface area contributed by atoms with Crippen molar-refractivity contribution in [3.63, 3.8) is 0 Å². The molecule has 0 radical (unpaired) electrons. The van der Waals surface area contributed by atoms with Crippen molar-refractivity contribution in [3.05, 3.63) is 29.3 Å². The molecule has 1 N–H and O–H groups in total. The molecule has 3 aliphatic rings. The fraction of sp³-hybridized carbons (Fsp3) is 0.650. The number of fused-ring (bicyclic) bond motifs is 2. The fourth-order valence-electron chi connectivity index (χ4n) is 5.16. The summed E-state index contributed by atoms with van der Waals surface area (Å²) in [5.74, 6) is 2.46. The summed E-state index contributed by atoms with van der Waals surface area (Å²) < 4.78 is 0. The van der Waals surface area contributed by atoms with Crippen LogP contribution < -0.4 is 10.2 Å². The Bertz CT molecular complexity index is 629. The van der Waals surface area contributed by atoms with Crippen molar-refractivity contribution >= 4 is 23.3 Å². The van der Waals surface area contributed by atoms with E-state index < -0.39 is 0 Å². The van der Waals surface area contributed by atoms with Gasteiger partial charge in [0.1, 0.15) is 0 Å². The normalized spacial score (nSPS) is 29.8. The third-order valence-electron chi connectivity index (χ3n) is 6.55. The smallest absolute Gasteiger partial charge is 0.317 e. The summed E-state index contributed by atoms with van der Waals surface area (Å²) in [6.45, 7) is 5.36. The molecule has 2 aliphatic carbocycles. The van der Waals surface area contributed by atoms with E-state index in [0.717, 1.165) is 48.7 Å². The Hall–Kier alpha value is -1.42. The Morgan fingerprint density at radius 3 is 2.56 bits per heavy atom. The molecular weight excluding hydrogens is 334 g/mol. The number of rotatable bonds is 3. The van der Waals surface area contributed by atoms with Crippen LogP contribution in [-0.4, -0.2) is 43.2 Å². The summed E-state index contributed by atoms with van der Waals surface area (Å²) in [6, 6.07) is 8.34. The van der Waals surface area contributed by atoms with Crippen LogP contribution in [-0.2, 0) is 0 Å². The highest BCUT2D eigenvalue weighted by molar-refractivity contribution is 6.33. The number of anilines is 1. The standard InChI is InChI=1S/C20H28ClN3O/c1-14(17-13-15-6-7-16(17)12-15)22-20(25)24-10-8-23(9-11-24)19-5-3-2-4-18(19)21/h2-5,14-17H,6-13H2,1H3,(H,22,25). The molecule has 4 nitrogen and oxygen atoms in total. The van der Waals surface area contributed by atoms with Crippen molar-refractivity contribution in [2.75, 3.05) is 31.1 Å². The van der Waals surface area contributed by atoms with E-state index in [9.17, 15) is 4.79 Å². The Kier molecular flexibility index (Phi) is 4.81. The van der Waals surface area contributed by atoms with Crippen molar-refractivity contribution < 1.29 is 4.79 Å². The predicted octanol–water partition coefficient (Wildman–Crippen LogP) is 4.00. The molecular formula is C20H28ClN3O. The fourth-order valence-corrected chi connectivity index (χ4v) is 5.41. The molecule has 2 bridgehead atoms. The Labute approximate surface area is 155 Å². The Morgan fingerprint density at radius 2 is 1.92 bits per heavy atom. The van der Waals surface area contributed by atoms with Gasteiger partial charge in [0.05, 0.1) is 10.7 Å². The molecule has 1 aliphatic heterocycles. The van der Waals surface area contributed by atoms with Gasteiger partial charge in [0.25, 0.3) is 0 Å². The van der Waals surface area contributed by atoms with Crippen LogP contribution in [0.4, 0.5) is 10.5 Å². The van der Waals surface area contributed by atoms with Gasteiger partial charge in [0.2, 0.25) is 0 Å². The molecule has 1 saturated heterocycles. The Morgan fingerprint density at radius 1 is 1.16 bits per heavy atom. The van der Waals surface area contributed by atoms with E-state index in [4.69, 9.17) is 11.6 Å². The Balaban J connectivity index is 1.29. The summed E-state index contributed by atoms with van der Waals surface area (Å²) in [5, 5.41) is 4.07. The van der Waals surface area contributed by atoms with Crippen LogP contribution in [0.5, 0.6) is 0 Å². The van der Waals surface area contributed by atoms with Crippen LogP contribution in [0.2, 0.25) is 5.02 Å². The summed E-state index contributed by atoms with van der Waals surface area (Å²) in [5.41, 5.74) is 1.07. The van der Waals surface area contributed by atoms with Gasteiger partial charge in [0, 0.05) is 32.2 Å². The van der Waals surface area contributed by atoms with E-state index in [2.05, 4.69) is 23.2 Å². The number of benzene rings is 1. The first kappa shape index (κ1) is 17.0. The van der Waals surface area contributed by atoms with Crippen LogP contribution in [0, 0.1) is 17.8 Å². The maximum absolute atomic E-state index is 12.7. The van der Waals surface area contributed by atoms with Gasteiger partial charge in [-0.25, -0.2) is 4.79 Å². The van der Waals surface area contributed by atoms with Gasteiger partial charge >= 0.3 is 6.03 Å². The molecule has 3 fully saturated rings. The second-order valence-corrected chi connectivity index (χ2v) is 8.41. The lowest BCUT2D eigenvalue weighted by atomic mass is 9.84. The zero-order chi connectivity index (χ0) is 17.4. The number of para-hydroxylation sites is 1. The molecule has 2 amide bonds. The number of carbonyl (C=O) groups excluding carboxylic acids is 1. The second kappa shape index (κ2) is 7.06. The second-order valence-electron chi connectivity index (χ2n) is 8.00. The van der Waals surface area contributed by atoms with Gasteiger partial charge in [-0.15, -0.1) is 0 Å². The van der Waals surface area contributed by atoms with Gasteiger partial charge in [0.15, 0.2) is 0 Å². The number of amides is 2. The van der Waals surface area contributed by atoms with Crippen LogP contribution in [0.25, 0.3) is 0 Å². The maximum atomic E-state index is 12.7. The minimum atomic E-state index is 0.106. The molecule has 25 heavy (non-hydrogen) atoms. The molecule has 0 aromatic heterocycles. The van der Waals surface area contributed by atoms with Gasteiger partial charge < -0.3 is 15.1 Å². The molecule has 5 heteroatoms. The molecule has 4 atom stereocenters. The highest BCUT2D eigenvalue weighted by atomic mass is 35.5. The first-order chi connectivity index (χ1) is 12.1. The minimum absolute atomic E-state index is 0.106. The molecule has 4 unspecified atom stereocenters. The monoisotopic (exact) mass is 361 g/mol. The van der Waals surface area contributed by atoms with E-state index in [1.807, 2.05) is 23.1 Å². The molecule has 2 saturated carbocycles. The van der Waals surface area contributed by atoms with Gasteiger partial charge in [-0.1, -0.05) is 30.2 Å². The first-order valence-electron chi connectivity index (χ1n) is 9.66. The van der Waals surface area contributed by atoms with E-state index in [1.54, 1.807) is 0 Å². The number of hydrogen-bond acceptors (Lipinski definition) is 2. The number of nitrogens with one attached hydrogen (secondary N) is 1. The first-order valence-corrected chi connectivity index (χ1v) is 10.0. The van der Waals surface area contributed by atoms with Crippen molar-refractivity contribution in [1.82, 2.24) is 10.2 Å². The predicted molar refractivity (Wildman–Crippen MR) is 102 cm³/mol. The van der Waals surface area contributed by atoms with Gasteiger partial charge in [-0.3, -0.25) is 0 Å². The zero-order valence-electron chi connectivity index (χ0n) is 15.0. The number of piperazine rings is 1. The van der Waals surface area contributed by atoms with Gasteiger partial charge in [-0.2, -0.15) is 0 Å². The maximum Gasteiger partial charge on any atom is 0.317 e. The minimum Gasteiger partial charge on any atom is -0.367 e. The molecule has 1 aromatic carbocycles. The lowest BCUT2D eigenvalue weighted by molar-refractivity contribution is 0.179. The quantitative estimate of drug-likeness (QED) is 0.883. The van der Waals surface area contributed by atoms with Crippen molar-refractivity contribution in [2.24, 2.45) is 17.8 Å². The van der Waals surface area contributed by atoms with E-state index in [1.165, 1.54) is 25.7 Å². The van der Waals surface area contributed by atoms with Crippen LogP contribution in [0.3, 0.4) is 0 Å². The summed E-state index contributed by atoms with van der Waals surface area (Å²) in [7, 11) is 0. The lowest BCUT2D eigenvalue weighted by Crippen LogP contribution is -2.54. The summed E-state index contributed by atoms with van der Waals surface area (Å²) in [4.78, 5) is 16.9. The third kappa shape index (κ3) is 3.46. The van der Waals surface area contributed by atoms with Gasteiger partial charge in [-0.05, 0) is 56.1 Å². The van der Waals surface area contributed by atoms with Crippen molar-refractivity contribution in [2.45, 2.75) is 38.6 Å². The SMILES string of the molecule is CC(NC(=O)N1CCN(c2ccccc2Cl)CC1)C1CC2CCC1C2. The average molecular weight is 362 g/mol. The summed E-state index contributed by atoms with van der Waals surface area (Å²) in [6.07, 6.45) is 5.48. The number of hydrogen-bond donors (Lipinski definition) is 1. The largest absolute Gasteiger partial charge is 0.367 e. The highest BCUT2D eigenvalue weighted by Gasteiger charge is 2.42. The van der Waals surface area contributed by atoms with Crippen molar-refractivity contribution in [3.8, 4) is 0 Å². The summed E-state index contributed by atoms with van der Waals surface area (Å²) >= 11 is 6.29. The van der Waals surface area contributed by atoms with Crippen LogP contribution in [0.15, 0.2) is 24.3 Å². The van der Waals surface area contributed by atoms with E-state index >= 15 is 0 Å². The number of nitrogens with zero attached hydrogens (tertiary/aromatic N) is 2. The number of urea groups is 1. The zero-order valence-corrected chi connectivity index (χ0v) is 15.7. The van der Waals surface area contributed by atoms with Crippen LogP contribution in [0.1, 0.15) is 32.6 Å². The van der Waals surface area contributed by atoms with Crippen LogP contribution >= 0.6 is 11.6 Å². The topological polar surface area (TPSA) is 35.6 Å². The molecule has 1 aromatic rings. The molecule has 0 spiro atoms. The van der Waals surface area contributed by atoms with E-state index in [-0.39, 0.29) is 6.03 Å². The number of carbonyl (C=O) groups is 1. The molecule has 4 rings (SSSR count).